The third-order valence-corrected chi connectivity index (χ3v) is 6.19. The Morgan fingerprint density at radius 2 is 1.23 bits per heavy atom. The summed E-state index contributed by atoms with van der Waals surface area (Å²) in [4.78, 5) is 12.2. The van der Waals surface area contributed by atoms with Crippen molar-refractivity contribution in [3.05, 3.63) is 0 Å². The summed E-state index contributed by atoms with van der Waals surface area (Å²) < 4.78 is 177. The average Bonchev–Trinajstić information content (AvgIpc) is 2.65. The first kappa shape index (κ1) is 31.6. The van der Waals surface area contributed by atoms with Gasteiger partial charge in [0.25, 0.3) is 0 Å². The lowest BCUT2D eigenvalue weighted by Gasteiger charge is -2.40. The minimum atomic E-state index is -7.96. The Bertz CT molecular complexity index is 746. The van der Waals surface area contributed by atoms with Crippen LogP contribution in [0.5, 0.6) is 0 Å². The van der Waals surface area contributed by atoms with Crippen LogP contribution in [0.25, 0.3) is 0 Å². The molecule has 4 atom stereocenters. The van der Waals surface area contributed by atoms with E-state index in [0.717, 1.165) is 6.42 Å². The predicted molar refractivity (Wildman–Crippen MR) is 95.8 cm³/mol. The Balaban J connectivity index is 3.15. The summed E-state index contributed by atoms with van der Waals surface area (Å²) in [6.45, 7) is 5.83. The van der Waals surface area contributed by atoms with E-state index in [9.17, 15) is 61.9 Å². The van der Waals surface area contributed by atoms with E-state index in [0.29, 0.717) is 13.3 Å². The third kappa shape index (κ3) is 5.62. The maximum absolute atomic E-state index is 14.1. The quantitative estimate of drug-likeness (QED) is 0.219. The molecule has 4 unspecified atom stereocenters. The first-order valence-corrected chi connectivity index (χ1v) is 10.5. The molecule has 1 rings (SSSR count). The van der Waals surface area contributed by atoms with Crippen molar-refractivity contribution in [2.45, 2.75) is 95.3 Å². The lowest BCUT2D eigenvalue weighted by Crippen LogP contribution is -2.70. The minimum Gasteiger partial charge on any atom is -0.462 e. The Kier molecular flexibility index (Phi) is 8.83. The van der Waals surface area contributed by atoms with Crippen LogP contribution >= 0.6 is 0 Å². The van der Waals surface area contributed by atoms with E-state index in [2.05, 4.69) is 0 Å². The molecule has 0 aromatic rings. The number of alkyl halides is 13. The Morgan fingerprint density at radius 3 is 1.66 bits per heavy atom. The normalized spacial score (nSPS) is 24.5. The molecule has 0 saturated heterocycles. The number of ether oxygens (including phenoxy) is 1. The van der Waals surface area contributed by atoms with Crippen LogP contribution in [-0.4, -0.2) is 47.9 Å². The van der Waals surface area contributed by atoms with E-state index >= 15 is 0 Å². The van der Waals surface area contributed by atoms with Gasteiger partial charge < -0.3 is 4.74 Å². The molecule has 1 aliphatic rings. The van der Waals surface area contributed by atoms with E-state index in [1.54, 1.807) is 20.8 Å². The van der Waals surface area contributed by atoms with E-state index in [-0.39, 0.29) is 24.2 Å². The van der Waals surface area contributed by atoms with Crippen molar-refractivity contribution in [2.75, 3.05) is 0 Å². The zero-order valence-electron chi connectivity index (χ0n) is 18.9. The second-order valence-electron chi connectivity index (χ2n) is 9.41. The highest BCUT2D eigenvalue weighted by molar-refractivity contribution is 5.72. The van der Waals surface area contributed by atoms with Crippen molar-refractivity contribution in [2.24, 2.45) is 23.7 Å². The standard InChI is InChI=1S/C20H25F13O2/c1-9(2)12-6-5-10(3)7-13(12)35-14(34)11(4)8-15(21,22)16(23,24)17(25,26)18(27,28)19(29,30)20(31,32)33/h9-13H,5-8H2,1-4H3. The van der Waals surface area contributed by atoms with Crippen LogP contribution in [0.2, 0.25) is 0 Å². The second kappa shape index (κ2) is 9.79. The van der Waals surface area contributed by atoms with E-state index in [1.807, 2.05) is 0 Å². The topological polar surface area (TPSA) is 26.3 Å². The molecular weight excluding hydrogens is 519 g/mol. The molecule has 0 aromatic carbocycles. The molecule has 15 heteroatoms. The lowest BCUT2D eigenvalue weighted by atomic mass is 9.75. The minimum absolute atomic E-state index is 0.0279. The van der Waals surface area contributed by atoms with Crippen molar-refractivity contribution in [3.63, 3.8) is 0 Å². The van der Waals surface area contributed by atoms with Crippen molar-refractivity contribution in [1.29, 1.82) is 0 Å². The Hall–Kier alpha value is -1.44. The molecule has 1 fully saturated rings. The van der Waals surface area contributed by atoms with Gasteiger partial charge in [-0.05, 0) is 30.6 Å². The van der Waals surface area contributed by atoms with E-state index in [1.165, 1.54) is 0 Å². The molecule has 0 aromatic heterocycles. The molecule has 1 aliphatic carbocycles. The first-order valence-electron chi connectivity index (χ1n) is 10.5. The van der Waals surface area contributed by atoms with Crippen molar-refractivity contribution < 1.29 is 66.6 Å². The molecule has 0 aliphatic heterocycles. The molecular formula is C20H25F13O2. The number of carbonyl (C=O) groups excluding carboxylic acids is 1. The highest BCUT2D eigenvalue weighted by Crippen LogP contribution is 2.61. The Morgan fingerprint density at radius 1 is 0.771 bits per heavy atom. The van der Waals surface area contributed by atoms with Crippen molar-refractivity contribution in [3.8, 4) is 0 Å². The number of carbonyl (C=O) groups is 1. The van der Waals surface area contributed by atoms with E-state index in [4.69, 9.17) is 4.74 Å². The van der Waals surface area contributed by atoms with Crippen LogP contribution in [0.4, 0.5) is 57.1 Å². The summed E-state index contributed by atoms with van der Waals surface area (Å²) in [6.07, 6.45) is -9.33. The van der Waals surface area contributed by atoms with Crippen LogP contribution in [0, 0.1) is 23.7 Å². The maximum Gasteiger partial charge on any atom is 0.460 e. The first-order chi connectivity index (χ1) is 15.3. The molecule has 35 heavy (non-hydrogen) atoms. The molecule has 0 amide bonds. The highest BCUT2D eigenvalue weighted by atomic mass is 19.4. The number of rotatable bonds is 9. The second-order valence-corrected chi connectivity index (χ2v) is 9.41. The van der Waals surface area contributed by atoms with Crippen LogP contribution in [0.1, 0.15) is 53.4 Å². The van der Waals surface area contributed by atoms with Gasteiger partial charge in [0, 0.05) is 6.42 Å². The molecule has 0 N–H and O–H groups in total. The highest BCUT2D eigenvalue weighted by Gasteiger charge is 2.90. The van der Waals surface area contributed by atoms with Gasteiger partial charge in [-0.25, -0.2) is 0 Å². The lowest BCUT2D eigenvalue weighted by molar-refractivity contribution is -0.440. The summed E-state index contributed by atoms with van der Waals surface area (Å²) >= 11 is 0. The molecule has 2 nitrogen and oxygen atoms in total. The smallest absolute Gasteiger partial charge is 0.460 e. The maximum atomic E-state index is 14.1. The monoisotopic (exact) mass is 544 g/mol. The van der Waals surface area contributed by atoms with Crippen molar-refractivity contribution in [1.82, 2.24) is 0 Å². The fourth-order valence-corrected chi connectivity index (χ4v) is 3.91. The molecule has 1 saturated carbocycles. The number of esters is 1. The Labute approximate surface area is 192 Å². The molecule has 0 heterocycles. The summed E-state index contributed by atoms with van der Waals surface area (Å²) in [5, 5.41) is 0. The largest absolute Gasteiger partial charge is 0.462 e. The predicted octanol–water partition coefficient (Wildman–Crippen LogP) is 7.76. The fraction of sp³-hybridized carbons (Fsp3) is 0.950. The van der Waals surface area contributed by atoms with Gasteiger partial charge in [-0.15, -0.1) is 0 Å². The summed E-state index contributed by atoms with van der Waals surface area (Å²) in [5.41, 5.74) is 0. The molecule has 0 spiro atoms. The summed E-state index contributed by atoms with van der Waals surface area (Å²) in [6, 6.07) is 0. The van der Waals surface area contributed by atoms with Crippen LogP contribution in [0.3, 0.4) is 0 Å². The van der Waals surface area contributed by atoms with Crippen molar-refractivity contribution >= 4 is 5.97 Å². The van der Waals surface area contributed by atoms with Crippen LogP contribution < -0.4 is 0 Å². The van der Waals surface area contributed by atoms with Crippen LogP contribution in [0.15, 0.2) is 0 Å². The number of hydrogen-bond donors (Lipinski definition) is 0. The zero-order valence-corrected chi connectivity index (χ0v) is 18.9. The van der Waals surface area contributed by atoms with E-state index < -0.39 is 60.2 Å². The van der Waals surface area contributed by atoms with Gasteiger partial charge in [-0.2, -0.15) is 57.1 Å². The molecule has 0 radical (unpaired) electrons. The third-order valence-electron chi connectivity index (χ3n) is 6.19. The SMILES string of the molecule is CC1CCC(C(C)C)C(OC(=O)C(C)CC(F)(F)C(F)(F)C(F)(F)C(F)(F)C(F)(F)C(F)(F)F)C1. The zero-order chi connectivity index (χ0) is 28.0. The summed E-state index contributed by atoms with van der Waals surface area (Å²) in [7, 11) is 0. The van der Waals surface area contributed by atoms with Crippen LogP contribution in [-0.2, 0) is 9.53 Å². The van der Waals surface area contributed by atoms with Gasteiger partial charge >= 0.3 is 41.8 Å². The fourth-order valence-electron chi connectivity index (χ4n) is 3.91. The van der Waals surface area contributed by atoms with Gasteiger partial charge in [-0.1, -0.05) is 34.1 Å². The number of hydrogen-bond acceptors (Lipinski definition) is 2. The molecule has 208 valence electrons. The number of halogens is 13. The molecule has 0 bridgehead atoms. The average molecular weight is 544 g/mol. The summed E-state index contributed by atoms with van der Waals surface area (Å²) in [5.74, 6) is -41.5. The van der Waals surface area contributed by atoms with Gasteiger partial charge in [-0.3, -0.25) is 4.79 Å². The van der Waals surface area contributed by atoms with Gasteiger partial charge in [0.15, 0.2) is 0 Å². The van der Waals surface area contributed by atoms with Gasteiger partial charge in [0.2, 0.25) is 0 Å². The van der Waals surface area contributed by atoms with Gasteiger partial charge in [0.05, 0.1) is 5.92 Å². The van der Waals surface area contributed by atoms with Gasteiger partial charge in [0.1, 0.15) is 6.10 Å².